The van der Waals surface area contributed by atoms with Crippen molar-refractivity contribution >= 4 is 34.0 Å². The minimum atomic E-state index is -0.371. The van der Waals surface area contributed by atoms with Crippen molar-refractivity contribution in [2.75, 3.05) is 19.6 Å². The van der Waals surface area contributed by atoms with Gasteiger partial charge in [0.15, 0.2) is 0 Å². The van der Waals surface area contributed by atoms with Gasteiger partial charge in [0.2, 0.25) is 0 Å². The summed E-state index contributed by atoms with van der Waals surface area (Å²) in [6.07, 6.45) is 0. The van der Waals surface area contributed by atoms with Crippen LogP contribution in [0.15, 0.2) is 22.7 Å². The Balaban J connectivity index is 0.00000144. The Morgan fingerprint density at radius 3 is 2.76 bits per heavy atom. The summed E-state index contributed by atoms with van der Waals surface area (Å²) in [4.78, 5) is 10.4. The SMILES string of the molecule is Cl.O=[N+]([O-])c1cc([C@H]2CNCCN2)ccc1Br. The first-order valence-corrected chi connectivity index (χ1v) is 5.86. The van der Waals surface area contributed by atoms with Crippen LogP contribution in [0.4, 0.5) is 5.69 Å². The van der Waals surface area contributed by atoms with E-state index in [1.165, 1.54) is 0 Å². The van der Waals surface area contributed by atoms with Crippen LogP contribution in [0.1, 0.15) is 11.6 Å². The molecule has 2 N–H and O–H groups in total. The van der Waals surface area contributed by atoms with Crippen molar-refractivity contribution in [3.8, 4) is 0 Å². The molecule has 1 aromatic rings. The van der Waals surface area contributed by atoms with Crippen LogP contribution in [0.2, 0.25) is 0 Å². The van der Waals surface area contributed by atoms with E-state index < -0.39 is 0 Å². The van der Waals surface area contributed by atoms with Crippen molar-refractivity contribution in [2.45, 2.75) is 6.04 Å². The highest BCUT2D eigenvalue weighted by Gasteiger charge is 2.19. The summed E-state index contributed by atoms with van der Waals surface area (Å²) >= 11 is 3.18. The average Bonchev–Trinajstić information content (AvgIpc) is 2.30. The summed E-state index contributed by atoms with van der Waals surface area (Å²) in [6.45, 7) is 2.63. The molecule has 1 fully saturated rings. The summed E-state index contributed by atoms with van der Waals surface area (Å²) in [6, 6.07) is 5.40. The van der Waals surface area contributed by atoms with Crippen LogP contribution in [0.25, 0.3) is 0 Å². The second-order valence-electron chi connectivity index (χ2n) is 3.68. The first-order chi connectivity index (χ1) is 7.68. The van der Waals surface area contributed by atoms with Gasteiger partial charge in [0.05, 0.1) is 9.40 Å². The molecule has 1 atom stereocenters. The molecule has 1 aromatic carbocycles. The van der Waals surface area contributed by atoms with Gasteiger partial charge in [-0.15, -0.1) is 12.4 Å². The summed E-state index contributed by atoms with van der Waals surface area (Å²) in [7, 11) is 0. The number of nitrogens with one attached hydrogen (secondary N) is 2. The standard InChI is InChI=1S/C10H12BrN3O2.ClH/c11-8-2-1-7(5-10(8)14(15)16)9-6-12-3-4-13-9;/h1-2,5,9,12-13H,3-4,6H2;1H/t9-;/m1./s1. The molecule has 0 radical (unpaired) electrons. The maximum atomic E-state index is 10.8. The quantitative estimate of drug-likeness (QED) is 0.646. The van der Waals surface area contributed by atoms with Gasteiger partial charge in [-0.3, -0.25) is 10.1 Å². The van der Waals surface area contributed by atoms with Crippen molar-refractivity contribution in [2.24, 2.45) is 0 Å². The molecule has 0 aromatic heterocycles. The molecule has 17 heavy (non-hydrogen) atoms. The Bertz CT molecular complexity index is 411. The Morgan fingerprint density at radius 2 is 2.18 bits per heavy atom. The second kappa shape index (κ2) is 6.30. The van der Waals surface area contributed by atoms with Crippen LogP contribution in [0.3, 0.4) is 0 Å². The number of benzene rings is 1. The summed E-state index contributed by atoms with van der Waals surface area (Å²) in [5.74, 6) is 0. The maximum absolute atomic E-state index is 10.8. The minimum Gasteiger partial charge on any atom is -0.314 e. The molecule has 0 aliphatic carbocycles. The molecule has 0 saturated carbocycles. The van der Waals surface area contributed by atoms with Crippen molar-refractivity contribution in [1.29, 1.82) is 0 Å². The van der Waals surface area contributed by atoms with Crippen molar-refractivity contribution < 1.29 is 4.92 Å². The fraction of sp³-hybridized carbons (Fsp3) is 0.400. The number of nitrogens with zero attached hydrogens (tertiary/aromatic N) is 1. The molecule has 1 saturated heterocycles. The van der Waals surface area contributed by atoms with E-state index in [1.807, 2.05) is 6.07 Å². The van der Waals surface area contributed by atoms with Crippen LogP contribution in [-0.2, 0) is 0 Å². The minimum absolute atomic E-state index is 0. The van der Waals surface area contributed by atoms with Gasteiger partial charge in [0, 0.05) is 31.7 Å². The van der Waals surface area contributed by atoms with E-state index in [0.717, 1.165) is 25.2 Å². The van der Waals surface area contributed by atoms with E-state index in [2.05, 4.69) is 26.6 Å². The largest absolute Gasteiger partial charge is 0.314 e. The molecule has 0 bridgehead atoms. The molecular weight excluding hydrogens is 309 g/mol. The lowest BCUT2D eigenvalue weighted by Crippen LogP contribution is -2.42. The zero-order chi connectivity index (χ0) is 11.5. The molecule has 2 rings (SSSR count). The number of rotatable bonds is 2. The molecule has 5 nitrogen and oxygen atoms in total. The molecule has 0 amide bonds. The highest BCUT2D eigenvalue weighted by Crippen LogP contribution is 2.28. The highest BCUT2D eigenvalue weighted by molar-refractivity contribution is 9.10. The van der Waals surface area contributed by atoms with Crippen LogP contribution in [-0.4, -0.2) is 24.6 Å². The van der Waals surface area contributed by atoms with Crippen molar-refractivity contribution in [3.63, 3.8) is 0 Å². The Labute approximate surface area is 114 Å². The molecule has 7 heteroatoms. The number of hydrogen-bond acceptors (Lipinski definition) is 4. The first-order valence-electron chi connectivity index (χ1n) is 5.06. The Kier molecular flexibility index (Phi) is 5.32. The summed E-state index contributed by atoms with van der Waals surface area (Å²) in [5.41, 5.74) is 1.06. The van der Waals surface area contributed by atoms with Gasteiger partial charge in [-0.05, 0) is 27.6 Å². The van der Waals surface area contributed by atoms with Gasteiger partial charge in [-0.1, -0.05) is 6.07 Å². The summed E-state index contributed by atoms with van der Waals surface area (Å²) in [5, 5.41) is 17.4. The van der Waals surface area contributed by atoms with Gasteiger partial charge >= 0.3 is 0 Å². The van der Waals surface area contributed by atoms with Gasteiger partial charge in [-0.2, -0.15) is 0 Å². The van der Waals surface area contributed by atoms with Crippen LogP contribution >= 0.6 is 28.3 Å². The summed E-state index contributed by atoms with van der Waals surface area (Å²) < 4.78 is 0.519. The smallest absolute Gasteiger partial charge is 0.283 e. The van der Waals surface area contributed by atoms with E-state index in [-0.39, 0.29) is 29.1 Å². The third kappa shape index (κ3) is 3.38. The Hall–Kier alpha value is -0.690. The van der Waals surface area contributed by atoms with Crippen LogP contribution < -0.4 is 10.6 Å². The molecule has 0 spiro atoms. The fourth-order valence-corrected chi connectivity index (χ4v) is 2.17. The number of hydrogen-bond donors (Lipinski definition) is 2. The zero-order valence-corrected chi connectivity index (χ0v) is 11.4. The third-order valence-electron chi connectivity index (χ3n) is 2.61. The number of nitro benzene ring substituents is 1. The normalized spacial score (nSPS) is 19.5. The fourth-order valence-electron chi connectivity index (χ4n) is 1.78. The second-order valence-corrected chi connectivity index (χ2v) is 4.53. The van der Waals surface area contributed by atoms with Crippen LogP contribution in [0, 0.1) is 10.1 Å². The van der Waals surface area contributed by atoms with Gasteiger partial charge in [-0.25, -0.2) is 0 Å². The lowest BCUT2D eigenvalue weighted by molar-refractivity contribution is -0.385. The van der Waals surface area contributed by atoms with Gasteiger partial charge in [0.1, 0.15) is 0 Å². The van der Waals surface area contributed by atoms with E-state index in [1.54, 1.807) is 12.1 Å². The van der Waals surface area contributed by atoms with E-state index >= 15 is 0 Å². The van der Waals surface area contributed by atoms with Gasteiger partial charge < -0.3 is 10.6 Å². The Morgan fingerprint density at radius 1 is 1.41 bits per heavy atom. The van der Waals surface area contributed by atoms with E-state index in [4.69, 9.17) is 0 Å². The predicted molar refractivity (Wildman–Crippen MR) is 71.7 cm³/mol. The highest BCUT2D eigenvalue weighted by atomic mass is 79.9. The topological polar surface area (TPSA) is 67.2 Å². The van der Waals surface area contributed by atoms with Crippen molar-refractivity contribution in [1.82, 2.24) is 10.6 Å². The van der Waals surface area contributed by atoms with E-state index in [9.17, 15) is 10.1 Å². The molecule has 0 unspecified atom stereocenters. The van der Waals surface area contributed by atoms with Crippen molar-refractivity contribution in [3.05, 3.63) is 38.3 Å². The molecule has 1 aliphatic heterocycles. The molecule has 94 valence electrons. The zero-order valence-electron chi connectivity index (χ0n) is 8.98. The average molecular weight is 323 g/mol. The molecule has 1 aliphatic rings. The molecule has 1 heterocycles. The van der Waals surface area contributed by atoms with E-state index in [0.29, 0.717) is 4.47 Å². The lowest BCUT2D eigenvalue weighted by Gasteiger charge is -2.24. The number of halogens is 2. The first kappa shape index (κ1) is 14.4. The molecular formula is C10H13BrClN3O2. The number of nitro groups is 1. The third-order valence-corrected chi connectivity index (χ3v) is 3.28. The monoisotopic (exact) mass is 321 g/mol. The van der Waals surface area contributed by atoms with Gasteiger partial charge in [0.25, 0.3) is 5.69 Å². The maximum Gasteiger partial charge on any atom is 0.283 e. The lowest BCUT2D eigenvalue weighted by atomic mass is 10.0. The number of piperazine rings is 1. The van der Waals surface area contributed by atoms with Crippen LogP contribution in [0.5, 0.6) is 0 Å². The predicted octanol–water partition coefficient (Wildman–Crippen LogP) is 2.01.